The first-order valence-electron chi connectivity index (χ1n) is 8.46. The average molecular weight is 407 g/mol. The van der Waals surface area contributed by atoms with E-state index < -0.39 is 7.72 Å². The van der Waals surface area contributed by atoms with Gasteiger partial charge in [-0.25, -0.2) is 0 Å². The van der Waals surface area contributed by atoms with E-state index in [0.29, 0.717) is 0 Å². The molecule has 0 saturated heterocycles. The number of hydrogen-bond acceptors (Lipinski definition) is 0. The number of allylic oxidation sites excluding steroid dienone is 4. The van der Waals surface area contributed by atoms with Crippen molar-refractivity contribution in [2.75, 3.05) is 0 Å². The predicted octanol–water partition coefficient (Wildman–Crippen LogP) is 8.08. The van der Waals surface area contributed by atoms with Crippen molar-refractivity contribution in [2.45, 2.75) is 69.8 Å². The van der Waals surface area contributed by atoms with Crippen molar-refractivity contribution in [1.29, 1.82) is 0 Å². The van der Waals surface area contributed by atoms with Gasteiger partial charge in [0.05, 0.1) is 0 Å². The van der Waals surface area contributed by atoms with Gasteiger partial charge >= 0.3 is 134 Å². The standard InChI is InChI=1S/C6H5.C5H5.3C2H5.5CH3.Rh/c1-2-4-6-5-3-1;1-2-4-5-3-1;3*1-2;;;;;;/h1-5H;1-3H,4H2;3*1H2,2H3;5*1H3;. The third kappa shape index (κ3) is 1.33. The van der Waals surface area contributed by atoms with Crippen LogP contribution in [0.15, 0.2) is 52.7 Å². The molecule has 1 aromatic carbocycles. The van der Waals surface area contributed by atoms with E-state index in [0.717, 1.165) is 21.5 Å². The molecule has 0 nitrogen and oxygen atoms in total. The first-order chi connectivity index (χ1) is 9.87. The summed E-state index contributed by atoms with van der Waals surface area (Å²) in [5.41, 5.74) is 13.6. The van der Waals surface area contributed by atoms with Gasteiger partial charge in [-0.15, -0.1) is 0 Å². The van der Waals surface area contributed by atoms with Gasteiger partial charge < -0.3 is 0 Å². The molecule has 0 heterocycles. The van der Waals surface area contributed by atoms with Crippen LogP contribution in [0.25, 0.3) is 0 Å². The average Bonchev–Trinajstić information content (AvgIpc) is 3.08. The third-order valence-corrected chi connectivity index (χ3v) is 51.9. The third-order valence-electron chi connectivity index (χ3n) is 9.77. The monoisotopic (exact) mass is 407 g/mol. The number of hydrogen-bond donors (Lipinski definition) is 0. The normalized spacial score (nSPS) is 27.2. The van der Waals surface area contributed by atoms with Crippen LogP contribution in [0.1, 0.15) is 27.2 Å². The quantitative estimate of drug-likeness (QED) is 0.433. The molecule has 0 atom stereocenters. The summed E-state index contributed by atoms with van der Waals surface area (Å²) in [6.45, 7) is 7.33. The maximum atomic E-state index is 2.71. The molecule has 1 aliphatic rings. The molecule has 0 unspecified atom stereocenters. The zero-order valence-corrected chi connectivity index (χ0v) is 18.4. The molecule has 2 rings (SSSR count). The second-order valence-corrected chi connectivity index (χ2v) is 66.8. The molecular formula is C22H40Rh. The molecule has 0 aromatic heterocycles. The topological polar surface area (TPSA) is 0 Å². The van der Waals surface area contributed by atoms with E-state index in [1.165, 1.54) is 4.16 Å². The Balaban J connectivity index is 3.57. The Morgan fingerprint density at radius 2 is 1.26 bits per heavy atom. The van der Waals surface area contributed by atoms with E-state index in [9.17, 15) is 0 Å². The van der Waals surface area contributed by atoms with Crippen molar-refractivity contribution in [3.63, 3.8) is 0 Å². The molecule has 23 heavy (non-hydrogen) atoms. The zero-order chi connectivity index (χ0) is 18.0. The Kier molecular flexibility index (Phi) is 1.84. The Bertz CT molecular complexity index is 856. The second kappa shape index (κ2) is 2.27. The summed E-state index contributed by atoms with van der Waals surface area (Å²) in [6.07, 6.45) is 8.13. The molecule has 1 aromatic rings. The molecule has 0 amide bonds. The molecule has 137 valence electrons. The van der Waals surface area contributed by atoms with Gasteiger partial charge in [-0.05, 0) is 0 Å². The molecule has 0 spiro atoms. The van der Waals surface area contributed by atoms with Crippen LogP contribution in [0.3, 0.4) is 0 Å². The van der Waals surface area contributed by atoms with Crippen molar-refractivity contribution in [3.05, 3.63) is 52.7 Å². The fourth-order valence-corrected chi connectivity index (χ4v) is 20.9. The first-order valence-corrected chi connectivity index (χ1v) is 21.8. The molecule has 1 aliphatic carbocycles. The summed E-state index contributed by atoms with van der Waals surface area (Å²) >= 11 is 0. The first kappa shape index (κ1) is 18.7. The Morgan fingerprint density at radius 1 is 0.783 bits per heavy atom. The Hall–Kier alpha value is -0.677. The molecule has 0 N–H and O–H groups in total. The summed E-state index contributed by atoms with van der Waals surface area (Å²) in [7, 11) is -5.42. The van der Waals surface area contributed by atoms with Crippen LogP contribution in [0.2, 0.25) is 42.6 Å². The van der Waals surface area contributed by atoms with Crippen LogP contribution in [0.4, 0.5) is 0 Å². The summed E-state index contributed by atoms with van der Waals surface area (Å²) in [4.78, 5) is 0. The fraction of sp³-hybridized carbons (Fsp3) is 0.545. The minimum atomic E-state index is -5.42. The van der Waals surface area contributed by atoms with E-state index in [2.05, 4.69) is 96.9 Å². The second-order valence-electron chi connectivity index (χ2n) is 13.0. The summed E-state index contributed by atoms with van der Waals surface area (Å²) in [5, 5.41) is 3.37. The van der Waals surface area contributed by atoms with Crippen LogP contribution in [0.5, 0.6) is 0 Å². The molecule has 0 bridgehead atoms. The van der Waals surface area contributed by atoms with Gasteiger partial charge in [0.2, 0.25) is 0 Å². The molecule has 0 saturated carbocycles. The van der Waals surface area contributed by atoms with Crippen LogP contribution in [-0.2, 0) is 7.72 Å². The van der Waals surface area contributed by atoms with Crippen molar-refractivity contribution in [2.24, 2.45) is 0 Å². The molecular weight excluding hydrogens is 367 g/mol. The van der Waals surface area contributed by atoms with Crippen molar-refractivity contribution in [3.8, 4) is 0 Å². The molecule has 1 heteroatoms. The summed E-state index contributed by atoms with van der Waals surface area (Å²) in [5.74, 6) is 0. The Labute approximate surface area is 134 Å². The van der Waals surface area contributed by atoms with Gasteiger partial charge in [0.1, 0.15) is 0 Å². The van der Waals surface area contributed by atoms with Crippen LogP contribution < -0.4 is 4.16 Å². The van der Waals surface area contributed by atoms with Gasteiger partial charge in [0.25, 0.3) is 0 Å². The maximum absolute atomic E-state index is 5.42. The predicted molar refractivity (Wildman–Crippen MR) is 109 cm³/mol. The number of rotatable bonds is 5. The van der Waals surface area contributed by atoms with Crippen molar-refractivity contribution in [1.82, 2.24) is 0 Å². The van der Waals surface area contributed by atoms with Gasteiger partial charge in [-0.2, -0.15) is 0 Å². The summed E-state index contributed by atoms with van der Waals surface area (Å²) < 4.78 is 3.17. The SMILES string of the molecule is C[CH2][Rh]([CH3])([CH3])([CH3])([CH3])([CH3])([CH2]C)([CH2]C)([C]1=CC=CC1)[c]1ccccc1. The van der Waals surface area contributed by atoms with E-state index in [1.807, 2.05) is 0 Å². The van der Waals surface area contributed by atoms with E-state index >= 15 is 0 Å². The summed E-state index contributed by atoms with van der Waals surface area (Å²) in [6, 6.07) is 11.4. The molecule has 0 radical (unpaired) electrons. The van der Waals surface area contributed by atoms with Gasteiger partial charge in [-0.3, -0.25) is 0 Å². The molecule has 0 fully saturated rings. The number of benzene rings is 1. The van der Waals surface area contributed by atoms with Gasteiger partial charge in [0.15, 0.2) is 0 Å². The van der Waals surface area contributed by atoms with Crippen molar-refractivity contribution >= 4 is 4.16 Å². The fourth-order valence-electron chi connectivity index (χ4n) is 4.09. The Morgan fingerprint density at radius 3 is 1.61 bits per heavy atom. The minimum absolute atomic E-state index is 1.06. The van der Waals surface area contributed by atoms with E-state index in [-0.39, 0.29) is 0 Å². The van der Waals surface area contributed by atoms with Crippen molar-refractivity contribution < 1.29 is 7.72 Å². The van der Waals surface area contributed by atoms with Crippen LogP contribution in [-0.4, -0.2) is 0 Å². The van der Waals surface area contributed by atoms with Crippen LogP contribution >= 0.6 is 0 Å². The molecule has 0 aliphatic heterocycles. The zero-order valence-electron chi connectivity index (χ0n) is 16.8. The van der Waals surface area contributed by atoms with E-state index in [4.69, 9.17) is 0 Å². The van der Waals surface area contributed by atoms with Crippen LogP contribution in [0, 0.1) is 0 Å². The van der Waals surface area contributed by atoms with Gasteiger partial charge in [-0.1, -0.05) is 0 Å². The van der Waals surface area contributed by atoms with E-state index in [1.54, 1.807) is 4.17 Å². The van der Waals surface area contributed by atoms with Gasteiger partial charge in [0, 0.05) is 0 Å².